The number of nitrogens with one attached hydrogen (secondary N) is 2. The number of hydrogen-bond donors (Lipinski definition) is 2. The summed E-state index contributed by atoms with van der Waals surface area (Å²) in [5.41, 5.74) is 4.53. The van der Waals surface area contributed by atoms with Gasteiger partial charge in [0.1, 0.15) is 0 Å². The summed E-state index contributed by atoms with van der Waals surface area (Å²) in [5.74, 6) is 0.742. The molecule has 0 saturated heterocycles. The maximum absolute atomic E-state index is 12.0. The average molecular weight is 434 g/mol. The molecular weight excluding hydrogens is 410 g/mol. The fraction of sp³-hybridized carbons (Fsp3) is 0.286. The van der Waals surface area contributed by atoms with Gasteiger partial charge in [-0.25, -0.2) is 5.43 Å². The van der Waals surface area contributed by atoms with Gasteiger partial charge in [0.25, 0.3) is 0 Å². The largest absolute Gasteiger partial charge is 0.493 e. The van der Waals surface area contributed by atoms with Gasteiger partial charge in [-0.2, -0.15) is 5.10 Å². The van der Waals surface area contributed by atoms with E-state index in [1.807, 2.05) is 6.92 Å². The van der Waals surface area contributed by atoms with Gasteiger partial charge in [-0.05, 0) is 42.8 Å². The predicted octanol–water partition coefficient (Wildman–Crippen LogP) is 3.54. The van der Waals surface area contributed by atoms with Crippen LogP contribution in [0, 0.1) is 6.92 Å². The second-order valence-corrected chi connectivity index (χ2v) is 6.70. The number of rotatable bonds is 9. The number of hydrogen-bond acceptors (Lipinski definition) is 6. The molecule has 2 aromatic carbocycles. The molecule has 0 aliphatic heterocycles. The molecule has 9 heteroatoms. The van der Waals surface area contributed by atoms with Gasteiger partial charge in [0.2, 0.25) is 17.6 Å². The zero-order chi connectivity index (χ0) is 22.1. The summed E-state index contributed by atoms with van der Waals surface area (Å²) in [6, 6.07) is 8.55. The fourth-order valence-corrected chi connectivity index (χ4v) is 2.84. The number of halogens is 1. The molecule has 2 amide bonds. The Labute approximate surface area is 180 Å². The van der Waals surface area contributed by atoms with Crippen LogP contribution in [0.25, 0.3) is 0 Å². The molecule has 30 heavy (non-hydrogen) atoms. The van der Waals surface area contributed by atoms with Crippen molar-refractivity contribution in [2.45, 2.75) is 19.8 Å². The van der Waals surface area contributed by atoms with Gasteiger partial charge >= 0.3 is 0 Å². The van der Waals surface area contributed by atoms with Crippen LogP contribution in [0.2, 0.25) is 5.02 Å². The lowest BCUT2D eigenvalue weighted by molar-refractivity contribution is -0.124. The summed E-state index contributed by atoms with van der Waals surface area (Å²) < 4.78 is 15.8. The molecule has 2 aromatic rings. The molecule has 0 fully saturated rings. The lowest BCUT2D eigenvalue weighted by Crippen LogP contribution is -2.20. The number of hydrazone groups is 1. The van der Waals surface area contributed by atoms with Gasteiger partial charge < -0.3 is 19.5 Å². The van der Waals surface area contributed by atoms with Crippen molar-refractivity contribution in [1.82, 2.24) is 5.43 Å². The van der Waals surface area contributed by atoms with Crippen molar-refractivity contribution in [3.05, 3.63) is 46.5 Å². The smallest absolute Gasteiger partial charge is 0.240 e. The first-order valence-electron chi connectivity index (χ1n) is 9.05. The third kappa shape index (κ3) is 6.38. The number of carbonyl (C=O) groups is 2. The van der Waals surface area contributed by atoms with Crippen LogP contribution in [0.3, 0.4) is 0 Å². The number of nitrogens with zero attached hydrogens (tertiary/aromatic N) is 1. The molecule has 2 N–H and O–H groups in total. The second-order valence-electron chi connectivity index (χ2n) is 6.26. The molecule has 0 saturated carbocycles. The summed E-state index contributed by atoms with van der Waals surface area (Å²) >= 11 is 5.90. The van der Waals surface area contributed by atoms with E-state index in [4.69, 9.17) is 25.8 Å². The minimum Gasteiger partial charge on any atom is -0.493 e. The molecule has 0 aromatic heterocycles. The number of benzene rings is 2. The van der Waals surface area contributed by atoms with Crippen molar-refractivity contribution in [3.63, 3.8) is 0 Å². The normalized spacial score (nSPS) is 10.6. The van der Waals surface area contributed by atoms with Gasteiger partial charge in [0.15, 0.2) is 11.5 Å². The summed E-state index contributed by atoms with van der Waals surface area (Å²) in [4.78, 5) is 24.0. The highest BCUT2D eigenvalue weighted by Crippen LogP contribution is 2.37. The topological polar surface area (TPSA) is 98.2 Å². The SMILES string of the molecule is COc1cc(/C=N\NC(=O)CCC(=O)Nc2ccc(Cl)cc2C)cc(OC)c1OC. The summed E-state index contributed by atoms with van der Waals surface area (Å²) in [6.45, 7) is 1.84. The fourth-order valence-electron chi connectivity index (χ4n) is 2.62. The van der Waals surface area contributed by atoms with Crippen molar-refractivity contribution >= 4 is 35.3 Å². The summed E-state index contributed by atoms with van der Waals surface area (Å²) in [6.07, 6.45) is 1.46. The molecule has 8 nitrogen and oxygen atoms in total. The molecular formula is C21H24ClN3O5. The Kier molecular flexibility index (Phi) is 8.49. The van der Waals surface area contributed by atoms with Crippen molar-refractivity contribution in [3.8, 4) is 17.2 Å². The van der Waals surface area contributed by atoms with Crippen LogP contribution >= 0.6 is 11.6 Å². The predicted molar refractivity (Wildman–Crippen MR) is 116 cm³/mol. The molecule has 0 atom stereocenters. The Morgan fingerprint density at radius 1 is 1.00 bits per heavy atom. The highest BCUT2D eigenvalue weighted by molar-refractivity contribution is 6.30. The standard InChI is InChI=1S/C21H24ClN3O5/c1-13-9-15(22)5-6-16(13)24-19(26)7-8-20(27)25-23-12-14-10-17(28-2)21(30-4)18(11-14)29-3/h5-6,9-12H,7-8H2,1-4H3,(H,24,26)(H,25,27)/b23-12-. The number of aryl methyl sites for hydroxylation is 1. The lowest BCUT2D eigenvalue weighted by Gasteiger charge is -2.12. The molecule has 0 bridgehead atoms. The van der Waals surface area contributed by atoms with E-state index in [9.17, 15) is 9.59 Å². The Hall–Kier alpha value is -3.26. The zero-order valence-electron chi connectivity index (χ0n) is 17.2. The Balaban J connectivity index is 1.88. The van der Waals surface area contributed by atoms with Gasteiger partial charge in [-0.1, -0.05) is 11.6 Å². The van der Waals surface area contributed by atoms with Crippen molar-refractivity contribution in [2.75, 3.05) is 26.6 Å². The lowest BCUT2D eigenvalue weighted by atomic mass is 10.2. The number of amides is 2. The number of ether oxygens (including phenoxy) is 3. The first kappa shape index (κ1) is 23.0. The zero-order valence-corrected chi connectivity index (χ0v) is 18.0. The van der Waals surface area contributed by atoms with Gasteiger partial charge in [0.05, 0.1) is 27.5 Å². The van der Waals surface area contributed by atoms with Crippen LogP contribution in [-0.2, 0) is 9.59 Å². The molecule has 160 valence electrons. The third-order valence-electron chi connectivity index (χ3n) is 4.13. The molecule has 0 aliphatic carbocycles. The second kappa shape index (κ2) is 11.1. The van der Waals surface area contributed by atoms with E-state index in [-0.39, 0.29) is 24.7 Å². The van der Waals surface area contributed by atoms with Gasteiger partial charge in [-0.15, -0.1) is 0 Å². The van der Waals surface area contributed by atoms with Crippen molar-refractivity contribution in [2.24, 2.45) is 5.10 Å². The quantitative estimate of drug-likeness (QED) is 0.465. The highest BCUT2D eigenvalue weighted by Gasteiger charge is 2.12. The minimum absolute atomic E-state index is 0.00886. The van der Waals surface area contributed by atoms with Crippen LogP contribution in [0.5, 0.6) is 17.2 Å². The maximum atomic E-state index is 12.0. The van der Waals surface area contributed by atoms with Crippen LogP contribution < -0.4 is 25.0 Å². The number of methoxy groups -OCH3 is 3. The Morgan fingerprint density at radius 3 is 2.20 bits per heavy atom. The first-order chi connectivity index (χ1) is 14.4. The van der Waals surface area contributed by atoms with Crippen LogP contribution in [0.15, 0.2) is 35.4 Å². The average Bonchev–Trinajstić information content (AvgIpc) is 2.73. The Morgan fingerprint density at radius 2 is 1.63 bits per heavy atom. The van der Waals surface area contributed by atoms with E-state index in [1.165, 1.54) is 27.5 Å². The molecule has 0 heterocycles. The molecule has 0 aliphatic rings. The third-order valence-corrected chi connectivity index (χ3v) is 4.37. The molecule has 0 spiro atoms. The van der Waals surface area contributed by atoms with Crippen LogP contribution in [-0.4, -0.2) is 39.4 Å². The van der Waals surface area contributed by atoms with Gasteiger partial charge in [-0.3, -0.25) is 9.59 Å². The monoisotopic (exact) mass is 433 g/mol. The molecule has 2 rings (SSSR count). The van der Waals surface area contributed by atoms with E-state index in [2.05, 4.69) is 15.8 Å². The summed E-state index contributed by atoms with van der Waals surface area (Å²) in [7, 11) is 4.53. The van der Waals surface area contributed by atoms with E-state index >= 15 is 0 Å². The van der Waals surface area contributed by atoms with Crippen LogP contribution in [0.4, 0.5) is 5.69 Å². The molecule has 0 unspecified atom stereocenters. The number of carbonyl (C=O) groups excluding carboxylic acids is 2. The maximum Gasteiger partial charge on any atom is 0.240 e. The number of anilines is 1. The van der Waals surface area contributed by atoms with Crippen LogP contribution in [0.1, 0.15) is 24.0 Å². The van der Waals surface area contributed by atoms with Crippen molar-refractivity contribution < 1.29 is 23.8 Å². The Bertz CT molecular complexity index is 921. The van der Waals surface area contributed by atoms with E-state index in [1.54, 1.807) is 30.3 Å². The van der Waals surface area contributed by atoms with Gasteiger partial charge in [0, 0.05) is 29.1 Å². The first-order valence-corrected chi connectivity index (χ1v) is 9.43. The van der Waals surface area contributed by atoms with E-state index < -0.39 is 0 Å². The summed E-state index contributed by atoms with van der Waals surface area (Å²) in [5, 5.41) is 7.26. The van der Waals surface area contributed by atoms with E-state index in [0.29, 0.717) is 33.5 Å². The van der Waals surface area contributed by atoms with E-state index in [0.717, 1.165) is 5.56 Å². The van der Waals surface area contributed by atoms with Crippen molar-refractivity contribution in [1.29, 1.82) is 0 Å². The highest BCUT2D eigenvalue weighted by atomic mass is 35.5. The molecule has 0 radical (unpaired) electrons. The minimum atomic E-state index is -0.387.